The summed E-state index contributed by atoms with van der Waals surface area (Å²) in [6.45, 7) is 7.17. The normalized spacial score (nSPS) is 18.5. The lowest BCUT2D eigenvalue weighted by Gasteiger charge is -2.27. The van der Waals surface area contributed by atoms with Crippen LogP contribution >= 0.6 is 0 Å². The first kappa shape index (κ1) is 22.7. The topological polar surface area (TPSA) is 80.2 Å². The summed E-state index contributed by atoms with van der Waals surface area (Å²) in [7, 11) is 1.67. The van der Waals surface area contributed by atoms with Crippen molar-refractivity contribution in [1.82, 2.24) is 9.88 Å². The number of anilines is 1. The zero-order valence-corrected chi connectivity index (χ0v) is 18.8. The maximum atomic E-state index is 13.5. The van der Waals surface area contributed by atoms with Gasteiger partial charge < -0.3 is 15.2 Å². The van der Waals surface area contributed by atoms with Gasteiger partial charge in [-0.05, 0) is 68.9 Å². The molecule has 1 aromatic carbocycles. The molecule has 31 heavy (non-hydrogen) atoms. The van der Waals surface area contributed by atoms with Crippen LogP contribution in [0, 0.1) is 32.5 Å². The number of hydrogen-bond acceptors (Lipinski definition) is 3. The van der Waals surface area contributed by atoms with Gasteiger partial charge in [-0.1, -0.05) is 19.8 Å². The van der Waals surface area contributed by atoms with Crippen LogP contribution in [0.2, 0.25) is 0 Å². The summed E-state index contributed by atoms with van der Waals surface area (Å²) in [5.41, 5.74) is 2.46. The molecule has 1 heterocycles. The highest BCUT2D eigenvalue weighted by molar-refractivity contribution is 6.43. The van der Waals surface area contributed by atoms with Gasteiger partial charge in [0.2, 0.25) is 0 Å². The van der Waals surface area contributed by atoms with E-state index in [9.17, 15) is 18.8 Å². The Bertz CT molecular complexity index is 1040. The number of carbonyl (C=O) groups excluding carboxylic acids is 3. The zero-order valence-electron chi connectivity index (χ0n) is 18.8. The molecule has 2 amide bonds. The standard InChI is InChI=1S/C24H30FN3O3/c1-13-7-6-8-17(11-13)27-24(31)22(29)21-15(3)20(16(4)28(21)5)23(30)26-18-9-10-19(25)14(2)12-18/h9-10,12-13,17H,6-8,11H2,1-5H3,(H,26,30)(H,27,31)/t13-,17-/m0/s1. The van der Waals surface area contributed by atoms with Gasteiger partial charge in [-0.2, -0.15) is 0 Å². The van der Waals surface area contributed by atoms with Gasteiger partial charge in [0.25, 0.3) is 17.6 Å². The summed E-state index contributed by atoms with van der Waals surface area (Å²) in [6, 6.07) is 4.33. The third-order valence-electron chi connectivity index (χ3n) is 6.27. The number of aromatic nitrogens is 1. The highest BCUT2D eigenvalue weighted by Crippen LogP contribution is 2.25. The van der Waals surface area contributed by atoms with Crippen molar-refractivity contribution in [3.8, 4) is 0 Å². The minimum Gasteiger partial charge on any atom is -0.346 e. The molecule has 0 saturated heterocycles. The molecule has 0 radical (unpaired) electrons. The fraction of sp³-hybridized carbons (Fsp3) is 0.458. The molecule has 1 aliphatic carbocycles. The Morgan fingerprint density at radius 2 is 1.84 bits per heavy atom. The predicted octanol–water partition coefficient (Wildman–Crippen LogP) is 4.22. The number of aryl methyl sites for hydroxylation is 1. The molecule has 7 heteroatoms. The molecule has 0 bridgehead atoms. The Morgan fingerprint density at radius 1 is 1.13 bits per heavy atom. The number of hydrogen-bond donors (Lipinski definition) is 2. The van der Waals surface area contributed by atoms with Crippen LogP contribution in [0.25, 0.3) is 0 Å². The number of rotatable bonds is 5. The molecule has 2 atom stereocenters. The minimum absolute atomic E-state index is 0.00589. The van der Waals surface area contributed by atoms with Crippen LogP contribution in [0.1, 0.15) is 70.3 Å². The van der Waals surface area contributed by atoms with Crippen molar-refractivity contribution in [2.24, 2.45) is 13.0 Å². The number of amides is 2. The maximum absolute atomic E-state index is 13.5. The van der Waals surface area contributed by atoms with Crippen LogP contribution in [0.4, 0.5) is 10.1 Å². The van der Waals surface area contributed by atoms with E-state index < -0.39 is 17.6 Å². The second kappa shape index (κ2) is 9.04. The van der Waals surface area contributed by atoms with Crippen molar-refractivity contribution in [3.63, 3.8) is 0 Å². The van der Waals surface area contributed by atoms with Crippen molar-refractivity contribution in [2.45, 2.75) is 59.4 Å². The first-order valence-corrected chi connectivity index (χ1v) is 10.7. The number of benzene rings is 1. The lowest BCUT2D eigenvalue weighted by atomic mass is 9.87. The summed E-state index contributed by atoms with van der Waals surface area (Å²) in [5, 5.41) is 5.63. The van der Waals surface area contributed by atoms with Crippen LogP contribution in [0.5, 0.6) is 0 Å². The molecule has 0 aliphatic heterocycles. The number of Topliss-reactive ketones (excluding diaryl/α,β-unsaturated/α-hetero) is 1. The number of nitrogens with one attached hydrogen (secondary N) is 2. The largest absolute Gasteiger partial charge is 0.346 e. The van der Waals surface area contributed by atoms with Crippen molar-refractivity contribution >= 4 is 23.3 Å². The van der Waals surface area contributed by atoms with Crippen LogP contribution < -0.4 is 10.6 Å². The van der Waals surface area contributed by atoms with Crippen molar-refractivity contribution < 1.29 is 18.8 Å². The van der Waals surface area contributed by atoms with E-state index in [1.807, 2.05) is 0 Å². The van der Waals surface area contributed by atoms with Gasteiger partial charge in [0.1, 0.15) is 5.82 Å². The van der Waals surface area contributed by atoms with E-state index in [0.29, 0.717) is 34.0 Å². The van der Waals surface area contributed by atoms with E-state index in [4.69, 9.17) is 0 Å². The van der Waals surface area contributed by atoms with E-state index in [2.05, 4.69) is 17.6 Å². The molecule has 2 aromatic rings. The highest BCUT2D eigenvalue weighted by Gasteiger charge is 2.30. The Morgan fingerprint density at radius 3 is 2.48 bits per heavy atom. The number of halogens is 1. The van der Waals surface area contributed by atoms with E-state index >= 15 is 0 Å². The van der Waals surface area contributed by atoms with Gasteiger partial charge >= 0.3 is 0 Å². The van der Waals surface area contributed by atoms with E-state index in [0.717, 1.165) is 25.7 Å². The summed E-state index contributed by atoms with van der Waals surface area (Å²) < 4.78 is 15.1. The smallest absolute Gasteiger partial charge is 0.294 e. The first-order valence-electron chi connectivity index (χ1n) is 10.7. The van der Waals surface area contributed by atoms with Crippen molar-refractivity contribution in [1.29, 1.82) is 0 Å². The Kier molecular flexibility index (Phi) is 6.62. The Hall–Kier alpha value is -2.96. The quantitative estimate of drug-likeness (QED) is 0.554. The molecule has 1 aliphatic rings. The highest BCUT2D eigenvalue weighted by atomic mass is 19.1. The van der Waals surface area contributed by atoms with E-state index in [1.165, 1.54) is 12.1 Å². The van der Waals surface area contributed by atoms with Gasteiger partial charge in [0, 0.05) is 24.5 Å². The molecule has 6 nitrogen and oxygen atoms in total. The third kappa shape index (κ3) is 4.70. The maximum Gasteiger partial charge on any atom is 0.294 e. The Labute approximate surface area is 182 Å². The van der Waals surface area contributed by atoms with Crippen LogP contribution in [-0.2, 0) is 11.8 Å². The van der Waals surface area contributed by atoms with Gasteiger partial charge in [0.15, 0.2) is 0 Å². The molecule has 1 fully saturated rings. The van der Waals surface area contributed by atoms with Crippen molar-refractivity contribution in [2.75, 3.05) is 5.32 Å². The molecule has 0 unspecified atom stereocenters. The van der Waals surface area contributed by atoms with Crippen LogP contribution in [-0.4, -0.2) is 28.2 Å². The molecule has 1 aromatic heterocycles. The molecule has 1 saturated carbocycles. The Balaban J connectivity index is 1.81. The second-order valence-corrected chi connectivity index (χ2v) is 8.68. The monoisotopic (exact) mass is 427 g/mol. The molecule has 3 rings (SSSR count). The van der Waals surface area contributed by atoms with Crippen LogP contribution in [0.15, 0.2) is 18.2 Å². The fourth-order valence-corrected chi connectivity index (χ4v) is 4.47. The van der Waals surface area contributed by atoms with Gasteiger partial charge in [0.05, 0.1) is 11.3 Å². The second-order valence-electron chi connectivity index (χ2n) is 8.68. The van der Waals surface area contributed by atoms with E-state index in [-0.39, 0.29) is 17.6 Å². The number of ketones is 1. The zero-order chi connectivity index (χ0) is 22.9. The average Bonchev–Trinajstić information content (AvgIpc) is 2.92. The third-order valence-corrected chi connectivity index (χ3v) is 6.27. The van der Waals surface area contributed by atoms with Gasteiger partial charge in [-0.25, -0.2) is 4.39 Å². The molecule has 2 N–H and O–H groups in total. The van der Waals surface area contributed by atoms with E-state index in [1.54, 1.807) is 38.5 Å². The predicted molar refractivity (Wildman–Crippen MR) is 118 cm³/mol. The molecular formula is C24H30FN3O3. The fourth-order valence-electron chi connectivity index (χ4n) is 4.47. The molecule has 166 valence electrons. The molecular weight excluding hydrogens is 397 g/mol. The minimum atomic E-state index is -0.641. The van der Waals surface area contributed by atoms with Crippen molar-refractivity contribution in [3.05, 3.63) is 52.1 Å². The summed E-state index contributed by atoms with van der Waals surface area (Å²) in [6.07, 6.45) is 3.92. The average molecular weight is 428 g/mol. The van der Waals surface area contributed by atoms with Crippen LogP contribution in [0.3, 0.4) is 0 Å². The summed E-state index contributed by atoms with van der Waals surface area (Å²) >= 11 is 0. The van der Waals surface area contributed by atoms with Gasteiger partial charge in [-0.15, -0.1) is 0 Å². The SMILES string of the molecule is Cc1cc(NC(=O)c2c(C)c(C(=O)C(=O)N[C@H]3CCC[C@H](C)C3)n(C)c2C)ccc1F. The number of nitrogens with zero attached hydrogens (tertiary/aromatic N) is 1. The number of carbonyl (C=O) groups is 3. The lowest BCUT2D eigenvalue weighted by molar-refractivity contribution is -0.118. The molecule has 0 spiro atoms. The summed E-state index contributed by atoms with van der Waals surface area (Å²) in [5.74, 6) is -1.51. The lowest BCUT2D eigenvalue weighted by Crippen LogP contribution is -2.42. The van der Waals surface area contributed by atoms with Gasteiger partial charge in [-0.3, -0.25) is 14.4 Å². The summed E-state index contributed by atoms with van der Waals surface area (Å²) in [4.78, 5) is 38.6. The first-order chi connectivity index (χ1) is 14.6.